The van der Waals surface area contributed by atoms with Crippen LogP contribution in [0.1, 0.15) is 48.0 Å². The second-order valence-corrected chi connectivity index (χ2v) is 6.21. The fourth-order valence-electron chi connectivity index (χ4n) is 0.393. The van der Waals surface area contributed by atoms with Crippen molar-refractivity contribution in [3.8, 4) is 0 Å². The molecule has 0 N–H and O–H groups in total. The molecule has 1 aliphatic rings. The van der Waals surface area contributed by atoms with Crippen molar-refractivity contribution in [1.29, 1.82) is 0 Å². The van der Waals surface area contributed by atoms with E-state index in [4.69, 9.17) is 0 Å². The van der Waals surface area contributed by atoms with E-state index in [0.717, 1.165) is 6.42 Å². The molecule has 1 heteroatoms. The molecule has 0 fully saturated rings. The van der Waals surface area contributed by atoms with Crippen LogP contribution in [0.2, 0.25) is 0 Å². The van der Waals surface area contributed by atoms with Crippen LogP contribution in [0.15, 0.2) is 24.3 Å². The van der Waals surface area contributed by atoms with Gasteiger partial charge in [-0.3, -0.25) is 0 Å². The van der Waals surface area contributed by atoms with E-state index in [1.54, 1.807) is 0 Å². The summed E-state index contributed by atoms with van der Waals surface area (Å²) < 4.78 is 0. The van der Waals surface area contributed by atoms with E-state index in [9.17, 15) is 0 Å². The smallest absolute Gasteiger partial charge is 0.338 e. The first-order chi connectivity index (χ1) is 6.50. The van der Waals surface area contributed by atoms with Gasteiger partial charge in [-0.05, 0) is 6.42 Å². The normalized spacial score (nSPS) is 13.0. The molecule has 0 radical (unpaired) electrons. The van der Waals surface area contributed by atoms with Crippen molar-refractivity contribution in [1.82, 2.24) is 0 Å². The summed E-state index contributed by atoms with van der Waals surface area (Å²) in [5.74, 6) is 0. The maximum absolute atomic E-state index is 3.77. The second-order valence-electron chi connectivity index (χ2n) is 6.21. The van der Waals surface area contributed by atoms with Gasteiger partial charge >= 0.3 is 26.2 Å². The molecule has 1 aliphatic carbocycles. The number of allylic oxidation sites excluding steroid dienone is 4. The topological polar surface area (TPSA) is 0 Å². The Morgan fingerprint density at radius 1 is 0.750 bits per heavy atom. The fraction of sp³-hybridized carbons (Fsp3) is 0.600. The molecule has 0 aromatic rings. The molecule has 0 aromatic heterocycles. The molecule has 0 nitrogen and oxygen atoms in total. The van der Waals surface area contributed by atoms with E-state index in [0.29, 0.717) is 0 Å². The molecule has 0 unspecified atom stereocenters. The Kier molecular flexibility index (Phi) is 14.2. The van der Waals surface area contributed by atoms with Gasteiger partial charge in [0.05, 0.1) is 0 Å². The van der Waals surface area contributed by atoms with Crippen LogP contribution in [0.3, 0.4) is 0 Å². The van der Waals surface area contributed by atoms with Crippen molar-refractivity contribution in [3.63, 3.8) is 0 Å². The minimum Gasteiger partial charge on any atom is -0.338 e. The van der Waals surface area contributed by atoms with Crippen LogP contribution in [-0.4, -0.2) is 0 Å². The summed E-state index contributed by atoms with van der Waals surface area (Å²) in [7, 11) is 0. The zero-order valence-electron chi connectivity index (χ0n) is 11.9. The van der Waals surface area contributed by atoms with Gasteiger partial charge < -0.3 is 13.8 Å². The third-order valence-corrected chi connectivity index (χ3v) is 0.655. The van der Waals surface area contributed by atoms with Crippen molar-refractivity contribution in [3.05, 3.63) is 38.2 Å². The maximum atomic E-state index is 3.77. The van der Waals surface area contributed by atoms with E-state index in [1.165, 1.54) is 0 Å². The van der Waals surface area contributed by atoms with Crippen LogP contribution < -0.4 is 0 Å². The maximum Gasteiger partial charge on any atom is 2.00 e. The van der Waals surface area contributed by atoms with Crippen molar-refractivity contribution in [2.75, 3.05) is 0 Å². The Morgan fingerprint density at radius 3 is 1.00 bits per heavy atom. The summed E-state index contributed by atoms with van der Waals surface area (Å²) in [5, 5.41) is 0. The summed E-state index contributed by atoms with van der Waals surface area (Å²) >= 11 is 0. The Bertz CT molecular complexity index is 152. The molecule has 0 saturated heterocycles. The SMILES string of the molecule is C1=CCC=C1.[CH2-]C(C)(C)C.[CH2-]C(C)(C)C.[Zr+2]. The molecular weight excluding hydrogens is 271 g/mol. The fourth-order valence-corrected chi connectivity index (χ4v) is 0.393. The Balaban J connectivity index is -0.000000154. The Labute approximate surface area is 123 Å². The Morgan fingerprint density at radius 2 is 0.938 bits per heavy atom. The molecule has 0 atom stereocenters. The van der Waals surface area contributed by atoms with Crippen molar-refractivity contribution in [2.24, 2.45) is 10.8 Å². The molecule has 16 heavy (non-hydrogen) atoms. The van der Waals surface area contributed by atoms with Crippen LogP contribution in [0, 0.1) is 24.7 Å². The molecular formula is C15H28Zr. The number of hydrogen-bond donors (Lipinski definition) is 0. The average Bonchev–Trinajstić information content (AvgIpc) is 2.28. The van der Waals surface area contributed by atoms with Gasteiger partial charge in [0.25, 0.3) is 0 Å². The molecule has 0 aromatic carbocycles. The van der Waals surface area contributed by atoms with E-state index < -0.39 is 0 Å². The van der Waals surface area contributed by atoms with E-state index in [1.807, 2.05) is 0 Å². The van der Waals surface area contributed by atoms with E-state index >= 15 is 0 Å². The quantitative estimate of drug-likeness (QED) is 0.537. The third-order valence-electron chi connectivity index (χ3n) is 0.655. The molecule has 0 heterocycles. The van der Waals surface area contributed by atoms with Gasteiger partial charge in [-0.2, -0.15) is 10.8 Å². The molecule has 0 saturated carbocycles. The summed E-state index contributed by atoms with van der Waals surface area (Å²) in [6, 6.07) is 0. The van der Waals surface area contributed by atoms with Crippen molar-refractivity contribution in [2.45, 2.75) is 48.0 Å². The number of hydrogen-bond acceptors (Lipinski definition) is 0. The summed E-state index contributed by atoms with van der Waals surface area (Å²) in [6.45, 7) is 20.0. The minimum atomic E-state index is 0. The van der Waals surface area contributed by atoms with Gasteiger partial charge in [-0.25, -0.2) is 0 Å². The number of rotatable bonds is 0. The van der Waals surface area contributed by atoms with Crippen LogP contribution in [0.25, 0.3) is 0 Å². The van der Waals surface area contributed by atoms with Crippen LogP contribution in [0.5, 0.6) is 0 Å². The zero-order chi connectivity index (χ0) is 12.5. The van der Waals surface area contributed by atoms with Crippen molar-refractivity contribution < 1.29 is 26.2 Å². The van der Waals surface area contributed by atoms with Crippen LogP contribution >= 0.6 is 0 Å². The summed E-state index contributed by atoms with van der Waals surface area (Å²) in [4.78, 5) is 0. The molecule has 0 spiro atoms. The molecule has 0 bridgehead atoms. The molecule has 0 aliphatic heterocycles. The third kappa shape index (κ3) is 89.2. The van der Waals surface area contributed by atoms with Gasteiger partial charge in [0, 0.05) is 0 Å². The van der Waals surface area contributed by atoms with Gasteiger partial charge in [-0.1, -0.05) is 65.8 Å². The van der Waals surface area contributed by atoms with Crippen LogP contribution in [-0.2, 0) is 26.2 Å². The first-order valence-electron chi connectivity index (χ1n) is 5.52. The first-order valence-corrected chi connectivity index (χ1v) is 5.52. The largest absolute Gasteiger partial charge is 2.00 e. The summed E-state index contributed by atoms with van der Waals surface area (Å²) in [5.41, 5.74) is 0.500. The Hall–Kier alpha value is 0.363. The first kappa shape index (κ1) is 21.6. The van der Waals surface area contributed by atoms with Gasteiger partial charge in [-0.15, -0.1) is 0 Å². The van der Waals surface area contributed by atoms with Gasteiger partial charge in [0.1, 0.15) is 0 Å². The van der Waals surface area contributed by atoms with Crippen molar-refractivity contribution >= 4 is 0 Å². The average molecular weight is 300 g/mol. The standard InChI is InChI=1S/C5H6.2C5H11.Zr/c1-2-4-5-3-1;2*1-5(2,3)4;/h1-4H,5H2;2*1H2,2-4H3;/q;2*-1;+2. The predicted octanol–water partition coefficient (Wildman–Crippen LogP) is 5.23. The zero-order valence-corrected chi connectivity index (χ0v) is 14.4. The minimum absolute atomic E-state index is 0. The summed E-state index contributed by atoms with van der Waals surface area (Å²) in [6.07, 6.45) is 9.50. The van der Waals surface area contributed by atoms with E-state index in [2.05, 4.69) is 79.7 Å². The monoisotopic (exact) mass is 298 g/mol. The van der Waals surface area contributed by atoms with Gasteiger partial charge in [0.15, 0.2) is 0 Å². The van der Waals surface area contributed by atoms with Crippen LogP contribution in [0.4, 0.5) is 0 Å². The molecule has 1 rings (SSSR count). The molecule has 92 valence electrons. The van der Waals surface area contributed by atoms with Gasteiger partial charge in [0.2, 0.25) is 0 Å². The van der Waals surface area contributed by atoms with E-state index in [-0.39, 0.29) is 37.0 Å². The predicted molar refractivity (Wildman–Crippen MR) is 72.5 cm³/mol. The molecule has 0 amide bonds. The second kappa shape index (κ2) is 10.5.